The molecule has 6 heteroatoms. The minimum absolute atomic E-state index is 0.0291. The van der Waals surface area contributed by atoms with E-state index in [1.807, 2.05) is 27.7 Å². The third-order valence-electron chi connectivity index (χ3n) is 3.59. The quantitative estimate of drug-likeness (QED) is 0.540. The number of nitrogens with one attached hydrogen (secondary N) is 1. The first-order valence-corrected chi connectivity index (χ1v) is 7.75. The number of methoxy groups -OCH3 is 1. The Morgan fingerprint density at radius 3 is 2.23 bits per heavy atom. The van der Waals surface area contributed by atoms with Crippen molar-refractivity contribution in [3.63, 3.8) is 0 Å². The molecule has 0 saturated carbocycles. The highest BCUT2D eigenvalue weighted by Gasteiger charge is 2.21. The first-order valence-electron chi connectivity index (χ1n) is 7.75. The number of rotatable bonds is 12. The molecule has 0 rings (SSSR count). The van der Waals surface area contributed by atoms with Crippen LogP contribution in [-0.2, 0) is 19.1 Å². The van der Waals surface area contributed by atoms with Gasteiger partial charge in [0.1, 0.15) is 0 Å². The van der Waals surface area contributed by atoms with Gasteiger partial charge in [-0.05, 0) is 47.0 Å². The van der Waals surface area contributed by atoms with Gasteiger partial charge >= 0.3 is 5.97 Å². The van der Waals surface area contributed by atoms with Crippen LogP contribution in [0.1, 0.15) is 59.8 Å². The Labute approximate surface area is 133 Å². The van der Waals surface area contributed by atoms with E-state index in [0.29, 0.717) is 13.2 Å². The molecule has 0 heterocycles. The van der Waals surface area contributed by atoms with E-state index in [0.717, 1.165) is 19.3 Å². The Balaban J connectivity index is 3.79. The molecule has 0 aromatic carbocycles. The van der Waals surface area contributed by atoms with Crippen LogP contribution in [0.25, 0.3) is 0 Å². The van der Waals surface area contributed by atoms with Gasteiger partial charge in [0.2, 0.25) is 5.91 Å². The van der Waals surface area contributed by atoms with Gasteiger partial charge in [-0.2, -0.15) is 0 Å². The van der Waals surface area contributed by atoms with Gasteiger partial charge in [-0.1, -0.05) is 0 Å². The first-order chi connectivity index (χ1) is 10.1. The summed E-state index contributed by atoms with van der Waals surface area (Å²) in [5, 5.41) is 11.2. The van der Waals surface area contributed by atoms with Gasteiger partial charge in [0.25, 0.3) is 0 Å². The monoisotopic (exact) mass is 317 g/mol. The zero-order valence-corrected chi connectivity index (χ0v) is 14.5. The Bertz CT molecular complexity index is 352. The number of hydrogen-bond acceptors (Lipinski definition) is 4. The predicted octanol–water partition coefficient (Wildman–Crippen LogP) is 2.36. The largest absolute Gasteiger partial charge is 0.481 e. The molecular formula is C16H31NO5. The molecule has 0 atom stereocenters. The fourth-order valence-corrected chi connectivity index (χ4v) is 1.80. The minimum Gasteiger partial charge on any atom is -0.481 e. The fraction of sp³-hybridized carbons (Fsp3) is 0.875. The summed E-state index contributed by atoms with van der Waals surface area (Å²) < 4.78 is 11.2. The maximum atomic E-state index is 11.4. The molecule has 2 N–H and O–H groups in total. The lowest BCUT2D eigenvalue weighted by atomic mass is 10.0. The predicted molar refractivity (Wildman–Crippen MR) is 84.8 cm³/mol. The molecule has 1 amide bonds. The Kier molecular flexibility index (Phi) is 9.28. The molecule has 0 aliphatic rings. The smallest absolute Gasteiger partial charge is 0.303 e. The van der Waals surface area contributed by atoms with Crippen molar-refractivity contribution in [1.29, 1.82) is 0 Å². The van der Waals surface area contributed by atoms with Gasteiger partial charge in [0, 0.05) is 20.1 Å². The molecular weight excluding hydrogens is 286 g/mol. The molecule has 0 fully saturated rings. The van der Waals surface area contributed by atoms with Crippen LogP contribution >= 0.6 is 0 Å². The molecule has 0 saturated heterocycles. The van der Waals surface area contributed by atoms with Crippen molar-refractivity contribution in [3.8, 4) is 0 Å². The highest BCUT2D eigenvalue weighted by Crippen LogP contribution is 2.19. The van der Waals surface area contributed by atoms with Crippen molar-refractivity contribution in [3.05, 3.63) is 0 Å². The molecule has 0 aromatic heterocycles. The number of carbonyl (C=O) groups excluding carboxylic acids is 1. The second kappa shape index (κ2) is 9.79. The molecule has 0 aliphatic heterocycles. The topological polar surface area (TPSA) is 84.9 Å². The van der Waals surface area contributed by atoms with Crippen LogP contribution in [0, 0.1) is 0 Å². The molecule has 130 valence electrons. The minimum atomic E-state index is -0.955. The third kappa shape index (κ3) is 11.5. The Morgan fingerprint density at radius 1 is 1.05 bits per heavy atom. The van der Waals surface area contributed by atoms with Gasteiger partial charge < -0.3 is 19.9 Å². The Hall–Kier alpha value is -1.14. The maximum Gasteiger partial charge on any atom is 0.303 e. The average Bonchev–Trinajstić information content (AvgIpc) is 2.41. The number of hydrogen-bond donors (Lipinski definition) is 2. The molecule has 22 heavy (non-hydrogen) atoms. The van der Waals surface area contributed by atoms with Crippen LogP contribution in [-0.4, -0.2) is 48.4 Å². The van der Waals surface area contributed by atoms with Crippen LogP contribution in [0.4, 0.5) is 0 Å². The van der Waals surface area contributed by atoms with Crippen molar-refractivity contribution < 1.29 is 24.2 Å². The van der Waals surface area contributed by atoms with Gasteiger partial charge in [-0.3, -0.25) is 9.59 Å². The highest BCUT2D eigenvalue weighted by atomic mass is 16.5. The number of carbonyl (C=O) groups is 2. The van der Waals surface area contributed by atoms with E-state index in [2.05, 4.69) is 5.32 Å². The fourth-order valence-electron chi connectivity index (χ4n) is 1.80. The number of amides is 1. The molecule has 0 aromatic rings. The van der Waals surface area contributed by atoms with Crippen LogP contribution in [0.2, 0.25) is 0 Å². The molecule has 0 spiro atoms. The second-order valence-corrected chi connectivity index (χ2v) is 6.67. The van der Waals surface area contributed by atoms with E-state index in [4.69, 9.17) is 14.6 Å². The van der Waals surface area contributed by atoms with E-state index in [9.17, 15) is 9.59 Å². The summed E-state index contributed by atoms with van der Waals surface area (Å²) in [6, 6.07) is 0. The molecule has 6 nitrogen and oxygen atoms in total. The lowest BCUT2D eigenvalue weighted by Crippen LogP contribution is -2.31. The number of carboxylic acids is 1. The van der Waals surface area contributed by atoms with Crippen LogP contribution in [0.3, 0.4) is 0 Å². The van der Waals surface area contributed by atoms with Crippen molar-refractivity contribution in [2.24, 2.45) is 0 Å². The molecule has 0 bridgehead atoms. The summed E-state index contributed by atoms with van der Waals surface area (Å²) in [4.78, 5) is 21.7. The van der Waals surface area contributed by atoms with Crippen molar-refractivity contribution in [2.45, 2.75) is 71.0 Å². The van der Waals surface area contributed by atoms with E-state index in [-0.39, 0.29) is 30.0 Å². The van der Waals surface area contributed by atoms with Gasteiger partial charge in [-0.25, -0.2) is 0 Å². The lowest BCUT2D eigenvalue weighted by Gasteiger charge is -2.29. The van der Waals surface area contributed by atoms with E-state index < -0.39 is 5.97 Å². The summed E-state index contributed by atoms with van der Waals surface area (Å²) in [5.74, 6) is -1.17. The van der Waals surface area contributed by atoms with Crippen LogP contribution in [0.5, 0.6) is 0 Å². The van der Waals surface area contributed by atoms with Gasteiger partial charge in [0.15, 0.2) is 0 Å². The third-order valence-corrected chi connectivity index (χ3v) is 3.59. The summed E-state index contributed by atoms with van der Waals surface area (Å²) in [7, 11) is 1.69. The first kappa shape index (κ1) is 20.9. The van der Waals surface area contributed by atoms with Gasteiger partial charge in [-0.15, -0.1) is 0 Å². The van der Waals surface area contributed by atoms with E-state index >= 15 is 0 Å². The van der Waals surface area contributed by atoms with Crippen LogP contribution in [0.15, 0.2) is 0 Å². The Morgan fingerprint density at radius 2 is 1.68 bits per heavy atom. The normalized spacial score (nSPS) is 12.2. The SMILES string of the molecule is COC(C)(C)CCOC(C)(C)CCCNC(=O)CCC(=O)O. The number of carboxylic acid groups (broad SMARTS) is 1. The van der Waals surface area contributed by atoms with Crippen molar-refractivity contribution in [2.75, 3.05) is 20.3 Å². The zero-order valence-electron chi connectivity index (χ0n) is 14.5. The highest BCUT2D eigenvalue weighted by molar-refractivity contribution is 5.80. The van der Waals surface area contributed by atoms with Crippen molar-refractivity contribution in [1.82, 2.24) is 5.32 Å². The lowest BCUT2D eigenvalue weighted by molar-refractivity contribution is -0.138. The van der Waals surface area contributed by atoms with E-state index in [1.165, 1.54) is 0 Å². The molecule has 0 radical (unpaired) electrons. The zero-order chi connectivity index (χ0) is 17.2. The number of aliphatic carboxylic acids is 1. The number of ether oxygens (including phenoxy) is 2. The van der Waals surface area contributed by atoms with Gasteiger partial charge in [0.05, 0.1) is 24.2 Å². The average molecular weight is 317 g/mol. The van der Waals surface area contributed by atoms with Crippen LogP contribution < -0.4 is 5.32 Å². The summed E-state index contributed by atoms with van der Waals surface area (Å²) in [6.45, 7) is 9.26. The summed E-state index contributed by atoms with van der Waals surface area (Å²) >= 11 is 0. The van der Waals surface area contributed by atoms with Crippen molar-refractivity contribution >= 4 is 11.9 Å². The van der Waals surface area contributed by atoms with E-state index in [1.54, 1.807) is 7.11 Å². The molecule has 0 unspecified atom stereocenters. The standard InChI is InChI=1S/C16H31NO5/c1-15(2,21-5)10-12-22-16(3,4)9-6-11-17-13(18)7-8-14(19)20/h6-12H2,1-5H3,(H,17,18)(H,19,20). The molecule has 0 aliphatic carbocycles. The summed E-state index contributed by atoms with van der Waals surface area (Å²) in [6.07, 6.45) is 2.33. The second-order valence-electron chi connectivity index (χ2n) is 6.67. The maximum absolute atomic E-state index is 11.4. The summed E-state index contributed by atoms with van der Waals surface area (Å²) in [5.41, 5.74) is -0.441.